The molecular formula is C21H26FN5O8. The summed E-state index contributed by atoms with van der Waals surface area (Å²) in [7, 11) is 0. The molecule has 35 heavy (non-hydrogen) atoms. The maximum Gasteiger partial charge on any atom is 0.519 e. The van der Waals surface area contributed by atoms with Crippen molar-refractivity contribution in [1.82, 2.24) is 19.5 Å². The first-order valence-electron chi connectivity index (χ1n) is 10.8. The minimum Gasteiger partial charge on any atom is -0.443 e. The van der Waals surface area contributed by atoms with E-state index in [0.717, 1.165) is 4.90 Å². The average Bonchev–Trinajstić information content (AvgIpc) is 3.39. The fourth-order valence-electron chi connectivity index (χ4n) is 3.67. The Morgan fingerprint density at radius 1 is 1.37 bits per heavy atom. The molecule has 14 heteroatoms. The first-order chi connectivity index (χ1) is 16.3. The van der Waals surface area contributed by atoms with Gasteiger partial charge >= 0.3 is 18.0 Å². The number of fused-ring (bicyclic) bond motifs is 1. The Bertz CT molecular complexity index is 1310. The van der Waals surface area contributed by atoms with Crippen molar-refractivity contribution in [2.24, 2.45) is 0 Å². The third kappa shape index (κ3) is 4.76. The summed E-state index contributed by atoms with van der Waals surface area (Å²) in [4.78, 5) is 37.4. The number of hydrogen-bond donors (Lipinski definition) is 2. The number of aliphatic hydroxyl groups is 2. The molecule has 3 atom stereocenters. The first kappa shape index (κ1) is 24.8. The minimum atomic E-state index is -1.23. The number of imidazole rings is 1. The SMILES string of the molecule is Cc1oc(=O)oc1CN(C(=O)OC(C)(C)C)c1nc(F)nc2c1ncn2[C@H]1C[C@H](O)[C@@](C)(CO)O1. The van der Waals surface area contributed by atoms with Gasteiger partial charge in [0, 0.05) is 6.42 Å². The van der Waals surface area contributed by atoms with Gasteiger partial charge in [0.05, 0.1) is 25.6 Å². The van der Waals surface area contributed by atoms with Crippen LogP contribution in [0.25, 0.3) is 11.2 Å². The van der Waals surface area contributed by atoms with Crippen molar-refractivity contribution >= 4 is 23.1 Å². The van der Waals surface area contributed by atoms with Gasteiger partial charge in [-0.1, -0.05) is 0 Å². The molecule has 13 nitrogen and oxygen atoms in total. The Kier molecular flexibility index (Phi) is 6.15. The standard InChI is InChI=1S/C21H26FN5O8/c1-10-11(33-19(31)32-10)7-26(18(30)35-20(2,3)4)15-14-16(25-17(22)24-15)27(9-23-14)13-6-12(29)21(5,8-28)34-13/h9,12-13,28-29H,6-8H2,1-5H3/t12-,13+,21+/m0/s1. The summed E-state index contributed by atoms with van der Waals surface area (Å²) in [6.07, 6.45) is -2.51. The zero-order valence-electron chi connectivity index (χ0n) is 19.8. The highest BCUT2D eigenvalue weighted by atomic mass is 19.1. The summed E-state index contributed by atoms with van der Waals surface area (Å²) >= 11 is 0. The van der Waals surface area contributed by atoms with Gasteiger partial charge in [-0.2, -0.15) is 14.4 Å². The van der Waals surface area contributed by atoms with E-state index in [1.165, 1.54) is 17.8 Å². The molecule has 0 aliphatic carbocycles. The summed E-state index contributed by atoms with van der Waals surface area (Å²) in [6.45, 7) is 7.16. The van der Waals surface area contributed by atoms with Crippen molar-refractivity contribution in [3.63, 3.8) is 0 Å². The molecular weight excluding hydrogens is 469 g/mol. The molecule has 0 spiro atoms. The van der Waals surface area contributed by atoms with Crippen LogP contribution in [0.4, 0.5) is 15.0 Å². The van der Waals surface area contributed by atoms with Crippen molar-refractivity contribution in [1.29, 1.82) is 0 Å². The second-order valence-electron chi connectivity index (χ2n) is 9.44. The maximum atomic E-state index is 14.7. The average molecular weight is 495 g/mol. The fraction of sp³-hybridized carbons (Fsp3) is 0.571. The summed E-state index contributed by atoms with van der Waals surface area (Å²) in [5.74, 6) is -1.08. The summed E-state index contributed by atoms with van der Waals surface area (Å²) < 4.78 is 37.2. The number of halogens is 1. The Balaban J connectivity index is 1.81. The molecule has 1 aliphatic heterocycles. The van der Waals surface area contributed by atoms with Crippen LogP contribution in [-0.2, 0) is 16.0 Å². The molecule has 1 fully saturated rings. The molecule has 0 aromatic carbocycles. The lowest BCUT2D eigenvalue weighted by Crippen LogP contribution is -2.39. The van der Waals surface area contributed by atoms with Crippen molar-refractivity contribution < 1.29 is 37.7 Å². The molecule has 0 saturated carbocycles. The number of nitrogens with zero attached hydrogens (tertiary/aromatic N) is 5. The third-order valence-corrected chi connectivity index (χ3v) is 5.54. The molecule has 2 N–H and O–H groups in total. The predicted molar refractivity (Wildman–Crippen MR) is 116 cm³/mol. The molecule has 190 valence electrons. The molecule has 1 amide bonds. The van der Waals surface area contributed by atoms with Crippen molar-refractivity contribution in [3.05, 3.63) is 34.5 Å². The largest absolute Gasteiger partial charge is 0.519 e. The lowest BCUT2D eigenvalue weighted by Gasteiger charge is -2.26. The van der Waals surface area contributed by atoms with Crippen LogP contribution in [0.2, 0.25) is 0 Å². The van der Waals surface area contributed by atoms with E-state index in [9.17, 15) is 24.2 Å². The van der Waals surface area contributed by atoms with Gasteiger partial charge in [0.15, 0.2) is 22.7 Å². The zero-order chi connectivity index (χ0) is 25.7. The number of carbonyl (C=O) groups is 1. The monoisotopic (exact) mass is 495 g/mol. The van der Waals surface area contributed by atoms with Gasteiger partial charge in [0.2, 0.25) is 0 Å². The Morgan fingerprint density at radius 3 is 2.66 bits per heavy atom. The number of hydrogen-bond acceptors (Lipinski definition) is 11. The highest BCUT2D eigenvalue weighted by molar-refractivity contribution is 5.95. The molecule has 1 aliphatic rings. The topological polar surface area (TPSA) is 166 Å². The van der Waals surface area contributed by atoms with Crippen LogP contribution in [0.15, 0.2) is 20.0 Å². The van der Waals surface area contributed by atoms with E-state index < -0.39 is 48.1 Å². The molecule has 4 heterocycles. The van der Waals surface area contributed by atoms with Gasteiger partial charge in [-0.05, 0) is 34.6 Å². The Morgan fingerprint density at radius 2 is 2.09 bits per heavy atom. The quantitative estimate of drug-likeness (QED) is 0.495. The number of aliphatic hydroxyl groups excluding tert-OH is 2. The number of rotatable bonds is 5. The van der Waals surface area contributed by atoms with E-state index in [4.69, 9.17) is 18.3 Å². The van der Waals surface area contributed by atoms with Crippen LogP contribution in [0.3, 0.4) is 0 Å². The number of amides is 1. The molecule has 3 aromatic heterocycles. The van der Waals surface area contributed by atoms with E-state index in [-0.39, 0.29) is 41.5 Å². The lowest BCUT2D eigenvalue weighted by atomic mass is 10.0. The number of aryl methyl sites for hydroxylation is 1. The minimum absolute atomic E-state index is 0.00780. The highest BCUT2D eigenvalue weighted by Crippen LogP contribution is 2.38. The number of anilines is 1. The van der Waals surface area contributed by atoms with Gasteiger partial charge in [-0.15, -0.1) is 0 Å². The lowest BCUT2D eigenvalue weighted by molar-refractivity contribution is -0.115. The van der Waals surface area contributed by atoms with Crippen LogP contribution >= 0.6 is 0 Å². The number of ether oxygens (including phenoxy) is 2. The van der Waals surface area contributed by atoms with E-state index in [0.29, 0.717) is 0 Å². The summed E-state index contributed by atoms with van der Waals surface area (Å²) in [5, 5.41) is 19.9. The molecule has 0 unspecified atom stereocenters. The van der Waals surface area contributed by atoms with E-state index in [1.807, 2.05) is 0 Å². The normalized spacial score (nSPS) is 22.6. The van der Waals surface area contributed by atoms with E-state index in [1.54, 1.807) is 27.7 Å². The molecule has 0 bridgehead atoms. The smallest absolute Gasteiger partial charge is 0.443 e. The van der Waals surface area contributed by atoms with Gasteiger partial charge in [-0.3, -0.25) is 9.47 Å². The van der Waals surface area contributed by atoms with Crippen LogP contribution in [0, 0.1) is 13.0 Å². The highest BCUT2D eigenvalue weighted by Gasteiger charge is 2.45. The van der Waals surface area contributed by atoms with Gasteiger partial charge in [-0.25, -0.2) is 14.6 Å². The second-order valence-corrected chi connectivity index (χ2v) is 9.44. The summed E-state index contributed by atoms with van der Waals surface area (Å²) in [5.41, 5.74) is -2.13. The van der Waals surface area contributed by atoms with Gasteiger partial charge < -0.3 is 28.5 Å². The predicted octanol–water partition coefficient (Wildman–Crippen LogP) is 1.79. The number of carbonyl (C=O) groups excluding carboxylic acids is 1. The van der Waals surface area contributed by atoms with Crippen molar-refractivity contribution in [2.75, 3.05) is 11.5 Å². The van der Waals surface area contributed by atoms with Gasteiger partial charge in [0.1, 0.15) is 23.2 Å². The molecule has 4 rings (SSSR count). The first-order valence-corrected chi connectivity index (χ1v) is 10.8. The second kappa shape index (κ2) is 8.70. The van der Waals surface area contributed by atoms with E-state index >= 15 is 0 Å². The molecule has 3 aromatic rings. The van der Waals surface area contributed by atoms with Crippen LogP contribution < -0.4 is 10.7 Å². The van der Waals surface area contributed by atoms with Crippen LogP contribution in [0.5, 0.6) is 0 Å². The molecule has 0 radical (unpaired) electrons. The van der Waals surface area contributed by atoms with Crippen molar-refractivity contribution in [2.45, 2.75) is 71.1 Å². The maximum absolute atomic E-state index is 14.7. The molecule has 1 saturated heterocycles. The van der Waals surface area contributed by atoms with Crippen LogP contribution in [-0.4, -0.2) is 59.7 Å². The third-order valence-electron chi connectivity index (χ3n) is 5.54. The van der Waals surface area contributed by atoms with Crippen molar-refractivity contribution in [3.8, 4) is 0 Å². The zero-order valence-corrected chi connectivity index (χ0v) is 19.8. The fourth-order valence-corrected chi connectivity index (χ4v) is 3.67. The number of aromatic nitrogens is 4. The Hall–Kier alpha value is -3.36. The summed E-state index contributed by atoms with van der Waals surface area (Å²) in [6, 6.07) is 0. The van der Waals surface area contributed by atoms with Crippen LogP contribution in [0.1, 0.15) is 51.9 Å². The van der Waals surface area contributed by atoms with Gasteiger partial charge in [0.25, 0.3) is 0 Å². The Labute approximate surface area is 198 Å². The van der Waals surface area contributed by atoms with E-state index in [2.05, 4.69) is 15.0 Å².